The first-order valence-electron chi connectivity index (χ1n) is 12.5. The molecule has 0 aromatic heterocycles. The van der Waals surface area contributed by atoms with Gasteiger partial charge in [-0.2, -0.15) is 0 Å². The minimum atomic E-state index is -4.21. The first-order chi connectivity index (χ1) is 15.2. The number of aliphatic hydroxyl groups is 1. The van der Waals surface area contributed by atoms with Crippen LogP contribution in [0, 0.1) is 35.0 Å². The fraction of sp³-hybridized carbons (Fsp3) is 0.704. The first kappa shape index (κ1) is 22.6. The molecule has 3 nitrogen and oxygen atoms in total. The molecular formula is C27H37FO3S. The first-order valence-corrected chi connectivity index (χ1v) is 14.1. The number of rotatable bonds is 3. The quantitative estimate of drug-likeness (QED) is 0.556. The van der Waals surface area contributed by atoms with Gasteiger partial charge in [0.25, 0.3) is 0 Å². The highest BCUT2D eigenvalue weighted by Gasteiger charge is 2.58. The molecule has 0 aliphatic heterocycles. The van der Waals surface area contributed by atoms with Crippen LogP contribution in [0.2, 0.25) is 0 Å². The zero-order valence-corrected chi connectivity index (χ0v) is 20.2. The number of benzene rings is 1. The van der Waals surface area contributed by atoms with E-state index >= 15 is 4.39 Å². The van der Waals surface area contributed by atoms with Crippen LogP contribution in [0.25, 0.3) is 0 Å². The van der Waals surface area contributed by atoms with Gasteiger partial charge >= 0.3 is 0 Å². The Morgan fingerprint density at radius 1 is 1.03 bits per heavy atom. The second kappa shape index (κ2) is 7.94. The monoisotopic (exact) mass is 460 g/mol. The summed E-state index contributed by atoms with van der Waals surface area (Å²) in [6.07, 6.45) is 10.7. The molecule has 0 spiro atoms. The summed E-state index contributed by atoms with van der Waals surface area (Å²) in [7, 11) is -4.21. The SMILES string of the molecule is CC=C1CC[C@H]2[C@@H]3CC[C@@H]4C[C@@](O)(C(F)S(=O)(=O)c5ccccc5)CC[C@@H]4[C@H]3CC[C@]12C. The molecule has 4 fully saturated rings. The second-order valence-corrected chi connectivity index (χ2v) is 13.2. The highest BCUT2D eigenvalue weighted by atomic mass is 32.2. The topological polar surface area (TPSA) is 54.4 Å². The van der Waals surface area contributed by atoms with Crippen molar-refractivity contribution in [1.82, 2.24) is 0 Å². The summed E-state index contributed by atoms with van der Waals surface area (Å²) in [5, 5.41) is 11.3. The Labute approximate surface area is 192 Å². The maximum Gasteiger partial charge on any atom is 0.233 e. The van der Waals surface area contributed by atoms with E-state index in [1.54, 1.807) is 23.8 Å². The summed E-state index contributed by atoms with van der Waals surface area (Å²) in [5.41, 5.74) is -2.05. The number of halogens is 1. The average molecular weight is 461 g/mol. The van der Waals surface area contributed by atoms with Crippen LogP contribution in [0.3, 0.4) is 0 Å². The number of allylic oxidation sites excluding steroid dienone is 2. The lowest BCUT2D eigenvalue weighted by molar-refractivity contribution is -0.111. The van der Waals surface area contributed by atoms with E-state index in [0.717, 1.165) is 31.1 Å². The lowest BCUT2D eigenvalue weighted by atomic mass is 9.49. The zero-order chi connectivity index (χ0) is 22.7. The van der Waals surface area contributed by atoms with Crippen LogP contribution in [0.15, 0.2) is 46.9 Å². The standard InChI is InChI=1S/C27H37FO3S/c1-3-19-10-12-24-23-11-9-18-17-27(29,16-14-21(18)22(23)13-15-26(19,24)2)25(28)32(30,31)20-7-5-4-6-8-20/h3-8,18,21-25,29H,9-17H2,1-2H3/t18-,21+,22-,23-,24+,25?,26-,27-/m1/s1. The molecule has 0 radical (unpaired) electrons. The molecule has 0 heterocycles. The summed E-state index contributed by atoms with van der Waals surface area (Å²) in [6.45, 7) is 4.66. The van der Waals surface area contributed by atoms with E-state index < -0.39 is 20.9 Å². The smallest absolute Gasteiger partial charge is 0.233 e. The Bertz CT molecular complexity index is 989. The zero-order valence-electron chi connectivity index (χ0n) is 19.3. The lowest BCUT2D eigenvalue weighted by Crippen LogP contribution is -2.54. The van der Waals surface area contributed by atoms with Crippen LogP contribution in [0.4, 0.5) is 4.39 Å². The van der Waals surface area contributed by atoms with Gasteiger partial charge in [-0.1, -0.05) is 36.8 Å². The van der Waals surface area contributed by atoms with Gasteiger partial charge in [-0.05, 0) is 112 Å². The highest BCUT2D eigenvalue weighted by Crippen LogP contribution is 2.64. The number of hydrogen-bond donors (Lipinski definition) is 1. The molecule has 5 heteroatoms. The van der Waals surface area contributed by atoms with Crippen LogP contribution in [0.1, 0.15) is 71.6 Å². The van der Waals surface area contributed by atoms with E-state index in [-0.39, 0.29) is 23.7 Å². The summed E-state index contributed by atoms with van der Waals surface area (Å²) in [4.78, 5) is -0.0423. The number of sulfone groups is 1. The van der Waals surface area contributed by atoms with Crippen molar-refractivity contribution in [2.45, 2.75) is 87.6 Å². The molecule has 0 saturated heterocycles. The molecule has 0 amide bonds. The van der Waals surface area contributed by atoms with E-state index in [1.165, 1.54) is 37.8 Å². The average Bonchev–Trinajstić information content (AvgIpc) is 3.15. The van der Waals surface area contributed by atoms with Gasteiger partial charge in [-0.3, -0.25) is 0 Å². The van der Waals surface area contributed by atoms with Crippen molar-refractivity contribution in [3.8, 4) is 0 Å². The fourth-order valence-corrected chi connectivity index (χ4v) is 10.0. The maximum absolute atomic E-state index is 15.5. The van der Waals surface area contributed by atoms with Crippen molar-refractivity contribution in [2.24, 2.45) is 35.0 Å². The molecule has 4 saturated carbocycles. The molecule has 1 aromatic rings. The van der Waals surface area contributed by atoms with Gasteiger partial charge in [0.05, 0.1) is 4.90 Å². The molecule has 1 N–H and O–H groups in total. The molecule has 8 atom stereocenters. The Kier molecular flexibility index (Phi) is 5.60. The van der Waals surface area contributed by atoms with E-state index in [1.807, 2.05) is 0 Å². The van der Waals surface area contributed by atoms with E-state index in [2.05, 4.69) is 19.9 Å². The normalized spacial score (nSPS) is 43.9. The van der Waals surface area contributed by atoms with Crippen molar-refractivity contribution in [3.05, 3.63) is 42.0 Å². The Morgan fingerprint density at radius 3 is 2.47 bits per heavy atom. The van der Waals surface area contributed by atoms with Crippen LogP contribution in [-0.4, -0.2) is 24.6 Å². The number of fused-ring (bicyclic) bond motifs is 5. The second-order valence-electron chi connectivity index (χ2n) is 11.3. The largest absolute Gasteiger partial charge is 0.386 e. The lowest BCUT2D eigenvalue weighted by Gasteiger charge is -2.56. The molecular weight excluding hydrogens is 423 g/mol. The molecule has 1 aromatic carbocycles. The van der Waals surface area contributed by atoms with Crippen molar-refractivity contribution in [1.29, 1.82) is 0 Å². The predicted molar refractivity (Wildman–Crippen MR) is 124 cm³/mol. The van der Waals surface area contributed by atoms with Crippen LogP contribution < -0.4 is 0 Å². The minimum absolute atomic E-state index is 0.0423. The van der Waals surface area contributed by atoms with E-state index in [0.29, 0.717) is 17.3 Å². The Morgan fingerprint density at radius 2 is 1.75 bits per heavy atom. The van der Waals surface area contributed by atoms with Gasteiger partial charge < -0.3 is 5.11 Å². The molecule has 32 heavy (non-hydrogen) atoms. The third-order valence-corrected chi connectivity index (χ3v) is 11.9. The van der Waals surface area contributed by atoms with E-state index in [4.69, 9.17) is 0 Å². The van der Waals surface area contributed by atoms with Crippen LogP contribution >= 0.6 is 0 Å². The van der Waals surface area contributed by atoms with Gasteiger partial charge in [0.1, 0.15) is 5.60 Å². The molecule has 5 rings (SSSR count). The van der Waals surface area contributed by atoms with E-state index in [9.17, 15) is 13.5 Å². The van der Waals surface area contributed by atoms with Gasteiger partial charge in [0.2, 0.25) is 15.3 Å². The van der Waals surface area contributed by atoms with Gasteiger partial charge in [-0.25, -0.2) is 12.8 Å². The number of alkyl halides is 1. The highest BCUT2D eigenvalue weighted by molar-refractivity contribution is 7.92. The third-order valence-electron chi connectivity index (χ3n) is 10.0. The van der Waals surface area contributed by atoms with Crippen molar-refractivity contribution in [2.75, 3.05) is 0 Å². The van der Waals surface area contributed by atoms with Gasteiger partial charge in [-0.15, -0.1) is 0 Å². The summed E-state index contributed by atoms with van der Waals surface area (Å²) in [5.74, 6) is 2.86. The summed E-state index contributed by atoms with van der Waals surface area (Å²) in [6, 6.07) is 7.74. The van der Waals surface area contributed by atoms with Crippen LogP contribution in [0.5, 0.6) is 0 Å². The number of hydrogen-bond acceptors (Lipinski definition) is 3. The van der Waals surface area contributed by atoms with Gasteiger partial charge in [0.15, 0.2) is 0 Å². The van der Waals surface area contributed by atoms with Crippen molar-refractivity contribution >= 4 is 9.84 Å². The molecule has 4 aliphatic carbocycles. The summed E-state index contributed by atoms with van der Waals surface area (Å²) >= 11 is 0. The third kappa shape index (κ3) is 3.33. The van der Waals surface area contributed by atoms with Crippen LogP contribution in [-0.2, 0) is 9.84 Å². The molecule has 1 unspecified atom stereocenters. The van der Waals surface area contributed by atoms with Crippen molar-refractivity contribution < 1.29 is 17.9 Å². The summed E-state index contributed by atoms with van der Waals surface area (Å²) < 4.78 is 41.3. The predicted octanol–water partition coefficient (Wildman–Crippen LogP) is 6.09. The maximum atomic E-state index is 15.5. The van der Waals surface area contributed by atoms with Crippen molar-refractivity contribution in [3.63, 3.8) is 0 Å². The Balaban J connectivity index is 1.34. The minimum Gasteiger partial charge on any atom is -0.386 e. The van der Waals surface area contributed by atoms with Gasteiger partial charge in [0, 0.05) is 0 Å². The fourth-order valence-electron chi connectivity index (χ4n) is 8.46. The Hall–Kier alpha value is -1.20. The molecule has 176 valence electrons. The molecule has 0 bridgehead atoms. The molecule has 4 aliphatic rings.